The van der Waals surface area contributed by atoms with Gasteiger partial charge in [-0.1, -0.05) is 6.07 Å². The molecule has 0 fully saturated rings. The second-order valence-corrected chi connectivity index (χ2v) is 1.54. The molecule has 0 bridgehead atoms. The molecule has 0 N–H and O–H groups in total. The normalized spacial score (nSPS) is 6.80. The number of hydrogen-bond acceptors (Lipinski definition) is 0. The van der Waals surface area contributed by atoms with E-state index in [4.69, 9.17) is 0 Å². The van der Waals surface area contributed by atoms with E-state index < -0.39 is 0 Å². The van der Waals surface area contributed by atoms with Crippen molar-refractivity contribution < 1.29 is 17.0 Å². The van der Waals surface area contributed by atoms with E-state index in [1.54, 1.807) is 0 Å². The van der Waals surface area contributed by atoms with Crippen LogP contribution in [-0.4, -0.2) is 23.1 Å². The summed E-state index contributed by atoms with van der Waals surface area (Å²) in [4.78, 5) is 0. The Bertz CT molecular complexity index is 172. The zero-order valence-electron chi connectivity index (χ0n) is 5.68. The quantitative estimate of drug-likeness (QED) is 0.394. The van der Waals surface area contributed by atoms with Crippen molar-refractivity contribution in [3.05, 3.63) is 48.6 Å². The van der Waals surface area contributed by atoms with Crippen LogP contribution in [0.1, 0.15) is 5.56 Å². The van der Waals surface area contributed by atoms with Crippen molar-refractivity contribution in [2.24, 2.45) is 0 Å². The fraction of sp³-hybridized carbons (Fsp3) is 0. The van der Waals surface area contributed by atoms with Crippen molar-refractivity contribution >= 4 is 23.1 Å². The van der Waals surface area contributed by atoms with Gasteiger partial charge in [-0.25, -0.2) is 0 Å². The molecule has 1 aromatic rings. The summed E-state index contributed by atoms with van der Waals surface area (Å²) in [6.07, 6.45) is 2.78. The van der Waals surface area contributed by atoms with Crippen LogP contribution >= 0.6 is 0 Å². The van der Waals surface area contributed by atoms with Crippen LogP contribution in [0.2, 0.25) is 0 Å². The van der Waals surface area contributed by atoms with E-state index in [-0.39, 0.29) is 40.0 Å². The first-order valence-corrected chi connectivity index (χ1v) is 2.51. The maximum atomic E-state index is 3.51. The molecule has 1 rings (SSSR count). The van der Waals surface area contributed by atoms with Crippen LogP contribution in [0.3, 0.4) is 0 Å². The van der Waals surface area contributed by atoms with E-state index in [0.717, 1.165) is 5.56 Å². The average Bonchev–Trinajstić information content (AvgIpc) is 1.90. The maximum Gasteiger partial charge on any atom is 2.00 e. The van der Waals surface area contributed by atoms with Crippen molar-refractivity contribution in [3.63, 3.8) is 0 Å². The van der Waals surface area contributed by atoms with E-state index in [1.165, 1.54) is 0 Å². The Morgan fingerprint density at radius 3 is 1.90 bits per heavy atom. The van der Waals surface area contributed by atoms with Crippen LogP contribution in [-0.2, 0) is 0 Å². The molecule has 10 heavy (non-hydrogen) atoms. The fourth-order valence-corrected chi connectivity index (χ4v) is 0.556. The molecule has 0 amide bonds. The number of hydrogen-bond donors (Lipinski definition) is 0. The van der Waals surface area contributed by atoms with E-state index in [1.807, 2.05) is 30.3 Å². The summed E-state index contributed by atoms with van der Waals surface area (Å²) in [5.74, 6) is 0. The second-order valence-electron chi connectivity index (χ2n) is 1.54. The molecule has 0 aliphatic rings. The SMILES string of the molecule is C=[C-]c1ccccc1.[Br-].[Mg+2]. The first kappa shape index (κ1) is 12.8. The van der Waals surface area contributed by atoms with Gasteiger partial charge in [0.15, 0.2) is 0 Å². The predicted molar refractivity (Wildman–Crippen MR) is 40.2 cm³/mol. The van der Waals surface area contributed by atoms with Gasteiger partial charge in [0.1, 0.15) is 0 Å². The van der Waals surface area contributed by atoms with Gasteiger partial charge < -0.3 is 17.0 Å². The Morgan fingerprint density at radius 1 is 1.10 bits per heavy atom. The van der Waals surface area contributed by atoms with Crippen LogP contribution in [0.5, 0.6) is 0 Å². The van der Waals surface area contributed by atoms with Gasteiger partial charge in [-0.15, -0.1) is 12.1 Å². The maximum absolute atomic E-state index is 3.51. The van der Waals surface area contributed by atoms with Gasteiger partial charge in [-0.2, -0.15) is 30.4 Å². The summed E-state index contributed by atoms with van der Waals surface area (Å²) in [6, 6.07) is 9.84. The molecule has 2 heteroatoms. The molecule has 0 atom stereocenters. The zero-order chi connectivity index (χ0) is 5.82. The minimum Gasteiger partial charge on any atom is -1.00 e. The van der Waals surface area contributed by atoms with E-state index >= 15 is 0 Å². The monoisotopic (exact) mass is 206 g/mol. The zero-order valence-corrected chi connectivity index (χ0v) is 8.68. The molecule has 0 unspecified atom stereocenters. The molecule has 0 aliphatic heterocycles. The number of benzene rings is 1. The Labute approximate surface area is 88.3 Å². The molecular weight excluding hydrogens is 200 g/mol. The van der Waals surface area contributed by atoms with Gasteiger partial charge in [0.05, 0.1) is 0 Å². The van der Waals surface area contributed by atoms with Gasteiger partial charge in [-0.3, -0.25) is 0 Å². The Balaban J connectivity index is 0. The van der Waals surface area contributed by atoms with E-state index in [9.17, 15) is 0 Å². The van der Waals surface area contributed by atoms with Gasteiger partial charge in [-0.05, 0) is 0 Å². The van der Waals surface area contributed by atoms with Crippen molar-refractivity contribution in [1.29, 1.82) is 0 Å². The first-order chi connectivity index (χ1) is 3.93. The summed E-state index contributed by atoms with van der Waals surface area (Å²) in [5.41, 5.74) is 1.05. The third-order valence-corrected chi connectivity index (χ3v) is 0.978. The van der Waals surface area contributed by atoms with Gasteiger partial charge in [0, 0.05) is 0 Å². The van der Waals surface area contributed by atoms with Crippen LogP contribution in [0.15, 0.2) is 36.9 Å². The molecule has 0 nitrogen and oxygen atoms in total. The van der Waals surface area contributed by atoms with E-state index in [0.29, 0.717) is 0 Å². The minimum atomic E-state index is 0. The molecule has 48 valence electrons. The Morgan fingerprint density at radius 2 is 1.60 bits per heavy atom. The smallest absolute Gasteiger partial charge is 1.00 e. The predicted octanol–water partition coefficient (Wildman–Crippen LogP) is -1.35. The summed E-state index contributed by atoms with van der Waals surface area (Å²) >= 11 is 0. The van der Waals surface area contributed by atoms with Gasteiger partial charge in [0.25, 0.3) is 0 Å². The molecule has 1 aromatic carbocycles. The number of halogens is 1. The van der Waals surface area contributed by atoms with Crippen molar-refractivity contribution in [2.45, 2.75) is 0 Å². The Hall–Kier alpha value is 0.206. The summed E-state index contributed by atoms with van der Waals surface area (Å²) < 4.78 is 0. The van der Waals surface area contributed by atoms with Crippen molar-refractivity contribution in [1.82, 2.24) is 0 Å². The Kier molecular flexibility index (Phi) is 9.40. The van der Waals surface area contributed by atoms with Crippen molar-refractivity contribution in [3.8, 4) is 0 Å². The van der Waals surface area contributed by atoms with Crippen LogP contribution in [0.25, 0.3) is 0 Å². The van der Waals surface area contributed by atoms with Crippen LogP contribution < -0.4 is 17.0 Å². The minimum absolute atomic E-state index is 0. The van der Waals surface area contributed by atoms with Gasteiger partial charge >= 0.3 is 23.1 Å². The van der Waals surface area contributed by atoms with Crippen molar-refractivity contribution in [2.75, 3.05) is 0 Å². The molecule has 0 radical (unpaired) electrons. The van der Waals surface area contributed by atoms with E-state index in [2.05, 4.69) is 12.7 Å². The molecular formula is C8H7BrMg. The molecule has 0 saturated heterocycles. The summed E-state index contributed by atoms with van der Waals surface area (Å²) in [5, 5.41) is 0. The standard InChI is InChI=1S/C8H7.BrH.Mg/c1-2-8-6-4-3-5-7-8;;/h3-7H,1H2;1H;/q-1;;+2/p-1. The molecule has 0 aromatic heterocycles. The third-order valence-electron chi connectivity index (χ3n) is 0.978. The topological polar surface area (TPSA) is 0 Å². The largest absolute Gasteiger partial charge is 2.00 e. The summed E-state index contributed by atoms with van der Waals surface area (Å²) in [7, 11) is 0. The number of rotatable bonds is 1. The molecule has 0 saturated carbocycles. The van der Waals surface area contributed by atoms with Crippen LogP contribution in [0.4, 0.5) is 0 Å². The molecule has 0 heterocycles. The van der Waals surface area contributed by atoms with Gasteiger partial charge in [0.2, 0.25) is 0 Å². The molecule has 0 spiro atoms. The second kappa shape index (κ2) is 7.31. The molecule has 0 aliphatic carbocycles. The first-order valence-electron chi connectivity index (χ1n) is 2.51. The fourth-order valence-electron chi connectivity index (χ4n) is 0.556. The summed E-state index contributed by atoms with van der Waals surface area (Å²) in [6.45, 7) is 3.51. The van der Waals surface area contributed by atoms with Crippen LogP contribution in [0, 0.1) is 6.08 Å². The average molecular weight is 207 g/mol. The third kappa shape index (κ3) is 4.09.